The number of hydrogen-bond acceptors (Lipinski definition) is 4. The molecule has 0 aliphatic rings. The molecule has 0 spiro atoms. The molecule has 0 aliphatic heterocycles. The molecule has 0 bridgehead atoms. The fraction of sp³-hybridized carbons (Fsp3) is 0.417. The van der Waals surface area contributed by atoms with Crippen LogP contribution in [0.25, 0.3) is 0 Å². The molecule has 0 unspecified atom stereocenters. The van der Waals surface area contributed by atoms with E-state index in [1.807, 2.05) is 13.8 Å². The quantitative estimate of drug-likeness (QED) is 0.738. The highest BCUT2D eigenvalue weighted by Crippen LogP contribution is 2.19. The van der Waals surface area contributed by atoms with Crippen LogP contribution in [0.2, 0.25) is 0 Å². The summed E-state index contributed by atoms with van der Waals surface area (Å²) in [5.74, 6) is -0.608. The Hall–Kier alpha value is -1.60. The van der Waals surface area contributed by atoms with Gasteiger partial charge in [0.05, 0.1) is 11.4 Å². The molecule has 1 rings (SSSR count). The Kier molecular flexibility index (Phi) is 4.90. The van der Waals surface area contributed by atoms with Crippen molar-refractivity contribution in [3.05, 3.63) is 24.3 Å². The molecular formula is C12H19N3O3S. The van der Waals surface area contributed by atoms with Crippen molar-refractivity contribution in [3.63, 3.8) is 0 Å². The molecule has 6 nitrogen and oxygen atoms in total. The number of rotatable bonds is 6. The van der Waals surface area contributed by atoms with Gasteiger partial charge in [-0.05, 0) is 24.1 Å². The number of nitrogens with zero attached hydrogens (tertiary/aromatic N) is 1. The van der Waals surface area contributed by atoms with Gasteiger partial charge in [0, 0.05) is 12.2 Å². The van der Waals surface area contributed by atoms with Crippen LogP contribution in [0.1, 0.15) is 13.8 Å². The Morgan fingerprint density at radius 3 is 2.47 bits per heavy atom. The van der Waals surface area contributed by atoms with E-state index in [-0.39, 0.29) is 23.9 Å². The maximum atomic E-state index is 12.4. The summed E-state index contributed by atoms with van der Waals surface area (Å²) in [6.45, 7) is 3.61. The van der Waals surface area contributed by atoms with E-state index in [1.165, 1.54) is 12.1 Å². The maximum absolute atomic E-state index is 12.4. The molecular weight excluding hydrogens is 266 g/mol. The molecule has 0 atom stereocenters. The van der Waals surface area contributed by atoms with Crippen molar-refractivity contribution in [2.24, 2.45) is 11.7 Å². The lowest BCUT2D eigenvalue weighted by Gasteiger charge is -2.22. The summed E-state index contributed by atoms with van der Waals surface area (Å²) >= 11 is 0. The second-order valence-electron chi connectivity index (χ2n) is 4.73. The first-order valence-electron chi connectivity index (χ1n) is 5.87. The number of hydrogen-bond donors (Lipinski definition) is 2. The minimum atomic E-state index is -3.76. The van der Waals surface area contributed by atoms with Gasteiger partial charge in [0.2, 0.25) is 15.9 Å². The molecule has 0 aromatic heterocycles. The van der Waals surface area contributed by atoms with Gasteiger partial charge in [-0.3, -0.25) is 4.79 Å². The number of carbonyl (C=O) groups excluding carboxylic acids is 1. The Morgan fingerprint density at radius 1 is 1.37 bits per heavy atom. The van der Waals surface area contributed by atoms with Crippen molar-refractivity contribution >= 4 is 21.6 Å². The van der Waals surface area contributed by atoms with Gasteiger partial charge in [-0.2, -0.15) is 4.31 Å². The third kappa shape index (κ3) is 4.22. The van der Waals surface area contributed by atoms with E-state index in [9.17, 15) is 13.2 Å². The van der Waals surface area contributed by atoms with Crippen LogP contribution in [0, 0.1) is 5.92 Å². The van der Waals surface area contributed by atoms with Crippen LogP contribution in [0.15, 0.2) is 29.2 Å². The highest BCUT2D eigenvalue weighted by atomic mass is 32.2. The van der Waals surface area contributed by atoms with Crippen molar-refractivity contribution < 1.29 is 13.2 Å². The van der Waals surface area contributed by atoms with Crippen LogP contribution >= 0.6 is 0 Å². The lowest BCUT2D eigenvalue weighted by molar-refractivity contribution is -0.118. The van der Waals surface area contributed by atoms with Gasteiger partial charge in [-0.1, -0.05) is 19.9 Å². The number of anilines is 1. The van der Waals surface area contributed by atoms with E-state index < -0.39 is 15.9 Å². The van der Waals surface area contributed by atoms with E-state index in [2.05, 4.69) is 0 Å². The van der Waals surface area contributed by atoms with Gasteiger partial charge >= 0.3 is 0 Å². The number of primary amides is 1. The largest absolute Gasteiger partial charge is 0.399 e. The van der Waals surface area contributed by atoms with Crippen molar-refractivity contribution in [2.75, 3.05) is 18.8 Å². The Labute approximate surface area is 113 Å². The van der Waals surface area contributed by atoms with Crippen LogP contribution in [-0.4, -0.2) is 31.7 Å². The van der Waals surface area contributed by atoms with Crippen LogP contribution < -0.4 is 11.5 Å². The lowest BCUT2D eigenvalue weighted by atomic mass is 10.2. The average Bonchev–Trinajstić information content (AvgIpc) is 2.26. The zero-order valence-electron chi connectivity index (χ0n) is 11.0. The highest BCUT2D eigenvalue weighted by Gasteiger charge is 2.26. The molecule has 0 fully saturated rings. The van der Waals surface area contributed by atoms with E-state index in [0.717, 1.165) is 4.31 Å². The Morgan fingerprint density at radius 2 is 2.00 bits per heavy atom. The first-order valence-corrected chi connectivity index (χ1v) is 7.31. The molecule has 19 heavy (non-hydrogen) atoms. The van der Waals surface area contributed by atoms with Gasteiger partial charge in [-0.15, -0.1) is 0 Å². The smallest absolute Gasteiger partial charge is 0.243 e. The standard InChI is InChI=1S/C12H19N3O3S/c1-9(2)7-15(8-12(14)16)19(17,18)11-5-3-4-10(13)6-11/h3-6,9H,7-8,13H2,1-2H3,(H2,14,16). The molecule has 0 radical (unpaired) electrons. The number of nitrogen functional groups attached to an aromatic ring is 1. The molecule has 0 saturated heterocycles. The summed E-state index contributed by atoms with van der Waals surface area (Å²) < 4.78 is 25.9. The molecule has 106 valence electrons. The summed E-state index contributed by atoms with van der Waals surface area (Å²) in [4.78, 5) is 11.1. The van der Waals surface area contributed by atoms with Gasteiger partial charge in [0.25, 0.3) is 0 Å². The normalized spacial score (nSPS) is 12.0. The summed E-state index contributed by atoms with van der Waals surface area (Å²) in [5.41, 5.74) is 11.0. The van der Waals surface area contributed by atoms with Crippen LogP contribution in [-0.2, 0) is 14.8 Å². The minimum absolute atomic E-state index is 0.0643. The van der Waals surface area contributed by atoms with Crippen molar-refractivity contribution in [1.82, 2.24) is 4.31 Å². The van der Waals surface area contributed by atoms with E-state index >= 15 is 0 Å². The molecule has 0 aliphatic carbocycles. The van der Waals surface area contributed by atoms with Crippen molar-refractivity contribution in [2.45, 2.75) is 18.7 Å². The molecule has 1 aromatic rings. The molecule has 7 heteroatoms. The average molecular weight is 285 g/mol. The molecule has 4 N–H and O–H groups in total. The molecule has 1 amide bonds. The third-order valence-electron chi connectivity index (χ3n) is 2.40. The van der Waals surface area contributed by atoms with Crippen LogP contribution in [0.5, 0.6) is 0 Å². The highest BCUT2D eigenvalue weighted by molar-refractivity contribution is 7.89. The van der Waals surface area contributed by atoms with Gasteiger partial charge in [0.15, 0.2) is 0 Å². The van der Waals surface area contributed by atoms with Crippen molar-refractivity contribution in [3.8, 4) is 0 Å². The summed E-state index contributed by atoms with van der Waals surface area (Å²) in [6, 6.07) is 5.96. The van der Waals surface area contributed by atoms with Gasteiger partial charge in [0.1, 0.15) is 0 Å². The van der Waals surface area contributed by atoms with E-state index in [1.54, 1.807) is 12.1 Å². The number of sulfonamides is 1. The number of carbonyl (C=O) groups is 1. The predicted molar refractivity (Wildman–Crippen MR) is 73.6 cm³/mol. The fourth-order valence-electron chi connectivity index (χ4n) is 1.65. The van der Waals surface area contributed by atoms with Gasteiger partial charge in [-0.25, -0.2) is 8.42 Å². The Balaban J connectivity index is 3.15. The number of benzene rings is 1. The maximum Gasteiger partial charge on any atom is 0.243 e. The topological polar surface area (TPSA) is 106 Å². The minimum Gasteiger partial charge on any atom is -0.399 e. The molecule has 0 saturated carbocycles. The number of nitrogens with two attached hydrogens (primary N) is 2. The predicted octanol–water partition coefficient (Wildman–Crippen LogP) is 0.401. The fourth-order valence-corrected chi connectivity index (χ4v) is 3.28. The van der Waals surface area contributed by atoms with Crippen LogP contribution in [0.4, 0.5) is 5.69 Å². The second-order valence-corrected chi connectivity index (χ2v) is 6.67. The Bertz CT molecular complexity index is 555. The van der Waals surface area contributed by atoms with E-state index in [0.29, 0.717) is 5.69 Å². The van der Waals surface area contributed by atoms with Crippen LogP contribution in [0.3, 0.4) is 0 Å². The summed E-state index contributed by atoms with van der Waals surface area (Å²) in [5, 5.41) is 0. The summed E-state index contributed by atoms with van der Waals surface area (Å²) in [7, 11) is -3.76. The van der Waals surface area contributed by atoms with E-state index in [4.69, 9.17) is 11.5 Å². The van der Waals surface area contributed by atoms with Gasteiger partial charge < -0.3 is 11.5 Å². The lowest BCUT2D eigenvalue weighted by Crippen LogP contribution is -2.40. The molecule has 1 aromatic carbocycles. The summed E-state index contributed by atoms with van der Waals surface area (Å²) in [6.07, 6.45) is 0. The molecule has 0 heterocycles. The zero-order valence-corrected chi connectivity index (χ0v) is 11.9. The SMILES string of the molecule is CC(C)CN(CC(N)=O)S(=O)(=O)c1cccc(N)c1. The monoisotopic (exact) mass is 285 g/mol. The van der Waals surface area contributed by atoms with Crippen molar-refractivity contribution in [1.29, 1.82) is 0 Å². The third-order valence-corrected chi connectivity index (χ3v) is 4.20. The first-order chi connectivity index (χ1) is 8.73. The first kappa shape index (κ1) is 15.5. The number of amides is 1. The second kappa shape index (κ2) is 6.03. The zero-order chi connectivity index (χ0) is 14.6.